The molecule has 1 amide bonds. The van der Waals surface area contributed by atoms with Crippen LogP contribution in [0, 0.1) is 0 Å². The van der Waals surface area contributed by atoms with E-state index in [9.17, 15) is 9.59 Å². The van der Waals surface area contributed by atoms with Gasteiger partial charge in [-0.3, -0.25) is 9.78 Å². The van der Waals surface area contributed by atoms with Gasteiger partial charge in [0.05, 0.1) is 11.8 Å². The normalized spacial score (nSPS) is 12.0. The van der Waals surface area contributed by atoms with Crippen LogP contribution in [0.1, 0.15) is 26.3 Å². The molecule has 0 unspecified atom stereocenters. The van der Waals surface area contributed by atoms with Gasteiger partial charge in [0, 0.05) is 23.5 Å². The Balaban J connectivity index is 1.45. The molecule has 8 nitrogen and oxygen atoms in total. The van der Waals surface area contributed by atoms with Gasteiger partial charge < -0.3 is 14.2 Å². The molecule has 0 aliphatic carbocycles. The highest BCUT2D eigenvalue weighted by Gasteiger charge is 2.18. The lowest BCUT2D eigenvalue weighted by Gasteiger charge is -2.08. The molecule has 1 aliphatic heterocycles. The standard InChI is InChI=1S/C21H15N3O5/c25-20(14-7-9-22-10-8-14)24-23-12-16-3-1-2-4-17(16)29-21(26)15-5-6-18-19(11-15)28-13-27-18/h1-12H,13H2,(H,24,25). The van der Waals surface area contributed by atoms with Crippen molar-refractivity contribution in [2.24, 2.45) is 5.10 Å². The van der Waals surface area contributed by atoms with Crippen LogP contribution in [-0.4, -0.2) is 29.9 Å². The van der Waals surface area contributed by atoms with Gasteiger partial charge in [0.1, 0.15) is 5.75 Å². The molecule has 2 heterocycles. The molecule has 0 atom stereocenters. The van der Waals surface area contributed by atoms with E-state index in [2.05, 4.69) is 15.5 Å². The number of fused-ring (bicyclic) bond motifs is 1. The van der Waals surface area contributed by atoms with Gasteiger partial charge in [-0.2, -0.15) is 5.10 Å². The lowest BCUT2D eigenvalue weighted by atomic mass is 10.2. The van der Waals surface area contributed by atoms with Crippen LogP contribution in [0.25, 0.3) is 0 Å². The number of rotatable bonds is 5. The van der Waals surface area contributed by atoms with Crippen LogP contribution < -0.4 is 19.6 Å². The Bertz CT molecular complexity index is 1080. The largest absolute Gasteiger partial charge is 0.454 e. The van der Waals surface area contributed by atoms with Crippen molar-refractivity contribution < 1.29 is 23.8 Å². The van der Waals surface area contributed by atoms with Crippen molar-refractivity contribution in [3.05, 3.63) is 83.7 Å². The summed E-state index contributed by atoms with van der Waals surface area (Å²) in [6, 6.07) is 14.8. The summed E-state index contributed by atoms with van der Waals surface area (Å²) in [5, 5.41) is 3.93. The van der Waals surface area contributed by atoms with Crippen molar-refractivity contribution in [2.45, 2.75) is 0 Å². The second kappa shape index (κ2) is 8.22. The van der Waals surface area contributed by atoms with Crippen LogP contribution in [0.15, 0.2) is 72.1 Å². The minimum absolute atomic E-state index is 0.123. The topological polar surface area (TPSA) is 99.1 Å². The summed E-state index contributed by atoms with van der Waals surface area (Å²) in [5.41, 5.74) is 3.70. The van der Waals surface area contributed by atoms with E-state index in [4.69, 9.17) is 14.2 Å². The summed E-state index contributed by atoms with van der Waals surface area (Å²) in [4.78, 5) is 28.4. The number of esters is 1. The molecule has 3 aromatic rings. The Morgan fingerprint density at radius 1 is 1.00 bits per heavy atom. The van der Waals surface area contributed by atoms with Crippen molar-refractivity contribution in [1.82, 2.24) is 10.4 Å². The zero-order valence-electron chi connectivity index (χ0n) is 15.1. The Kier molecular flexibility index (Phi) is 5.15. The molecule has 0 fully saturated rings. The average molecular weight is 389 g/mol. The van der Waals surface area contributed by atoms with Crippen molar-refractivity contribution in [1.29, 1.82) is 0 Å². The Morgan fingerprint density at radius 2 is 1.79 bits per heavy atom. The lowest BCUT2D eigenvalue weighted by Crippen LogP contribution is -2.17. The molecule has 0 saturated heterocycles. The molecule has 144 valence electrons. The number of carbonyl (C=O) groups is 2. The van der Waals surface area contributed by atoms with E-state index < -0.39 is 5.97 Å². The third kappa shape index (κ3) is 4.22. The third-order valence-corrected chi connectivity index (χ3v) is 4.04. The Hall–Kier alpha value is -4.20. The summed E-state index contributed by atoms with van der Waals surface area (Å²) < 4.78 is 16.0. The number of hydrazone groups is 1. The van der Waals surface area contributed by atoms with Gasteiger partial charge in [0.15, 0.2) is 11.5 Å². The third-order valence-electron chi connectivity index (χ3n) is 4.04. The number of hydrogen-bond donors (Lipinski definition) is 1. The van der Waals surface area contributed by atoms with E-state index in [1.54, 1.807) is 54.6 Å². The van der Waals surface area contributed by atoms with E-state index in [1.165, 1.54) is 18.6 Å². The molecule has 0 saturated carbocycles. The molecule has 4 rings (SSSR count). The highest BCUT2D eigenvalue weighted by molar-refractivity contribution is 5.96. The number of hydrogen-bond acceptors (Lipinski definition) is 7. The quantitative estimate of drug-likeness (QED) is 0.312. The van der Waals surface area contributed by atoms with Crippen LogP contribution in [0.4, 0.5) is 0 Å². The highest BCUT2D eigenvalue weighted by atomic mass is 16.7. The minimum Gasteiger partial charge on any atom is -0.454 e. The monoisotopic (exact) mass is 389 g/mol. The molecule has 2 aromatic carbocycles. The van der Waals surface area contributed by atoms with Gasteiger partial charge in [-0.15, -0.1) is 0 Å². The van der Waals surface area contributed by atoms with Gasteiger partial charge in [-0.1, -0.05) is 12.1 Å². The van der Waals surface area contributed by atoms with Crippen LogP contribution in [0.2, 0.25) is 0 Å². The second-order valence-corrected chi connectivity index (χ2v) is 5.93. The molecule has 8 heteroatoms. The summed E-state index contributed by atoms with van der Waals surface area (Å²) >= 11 is 0. The first-order valence-electron chi connectivity index (χ1n) is 8.65. The summed E-state index contributed by atoms with van der Waals surface area (Å²) in [6.07, 6.45) is 4.44. The molecule has 1 aliphatic rings. The van der Waals surface area contributed by atoms with E-state index in [-0.39, 0.29) is 12.7 Å². The van der Waals surface area contributed by atoms with E-state index in [0.717, 1.165) is 0 Å². The average Bonchev–Trinajstić information content (AvgIpc) is 3.23. The fourth-order valence-corrected chi connectivity index (χ4v) is 2.59. The number of amides is 1. The first-order chi connectivity index (χ1) is 14.2. The Labute approximate surface area is 165 Å². The number of ether oxygens (including phenoxy) is 3. The maximum atomic E-state index is 12.5. The highest BCUT2D eigenvalue weighted by Crippen LogP contribution is 2.32. The van der Waals surface area contributed by atoms with Crippen molar-refractivity contribution >= 4 is 18.1 Å². The second-order valence-electron chi connectivity index (χ2n) is 5.93. The van der Waals surface area contributed by atoms with E-state index in [1.807, 2.05) is 0 Å². The minimum atomic E-state index is -0.551. The summed E-state index contributed by atoms with van der Waals surface area (Å²) in [6.45, 7) is 0.123. The van der Waals surface area contributed by atoms with Gasteiger partial charge >= 0.3 is 5.97 Å². The number of carbonyl (C=O) groups excluding carboxylic acids is 2. The first-order valence-corrected chi connectivity index (χ1v) is 8.65. The number of pyridine rings is 1. The smallest absolute Gasteiger partial charge is 0.343 e. The molecule has 1 aromatic heterocycles. The fourth-order valence-electron chi connectivity index (χ4n) is 2.59. The number of benzene rings is 2. The SMILES string of the molecule is O=C(NN=Cc1ccccc1OC(=O)c1ccc2c(c1)OCO2)c1ccncc1. The lowest BCUT2D eigenvalue weighted by molar-refractivity contribution is 0.0733. The van der Waals surface area contributed by atoms with Crippen LogP contribution >= 0.6 is 0 Å². The van der Waals surface area contributed by atoms with Gasteiger partial charge in [0.2, 0.25) is 6.79 Å². The Morgan fingerprint density at radius 3 is 2.66 bits per heavy atom. The predicted molar refractivity (Wildman–Crippen MR) is 103 cm³/mol. The van der Waals surface area contributed by atoms with E-state index in [0.29, 0.717) is 33.9 Å². The molecule has 0 bridgehead atoms. The molecule has 29 heavy (non-hydrogen) atoms. The van der Waals surface area contributed by atoms with E-state index >= 15 is 0 Å². The van der Waals surface area contributed by atoms with Crippen LogP contribution in [0.5, 0.6) is 17.2 Å². The maximum absolute atomic E-state index is 12.5. The zero-order valence-corrected chi connectivity index (χ0v) is 15.1. The predicted octanol–water partition coefficient (Wildman–Crippen LogP) is 2.79. The fraction of sp³-hybridized carbons (Fsp3) is 0.0476. The number of para-hydroxylation sites is 1. The van der Waals surface area contributed by atoms with Crippen molar-refractivity contribution in [2.75, 3.05) is 6.79 Å². The molecule has 0 radical (unpaired) electrons. The van der Waals surface area contributed by atoms with Crippen molar-refractivity contribution in [3.63, 3.8) is 0 Å². The van der Waals surface area contributed by atoms with Crippen LogP contribution in [-0.2, 0) is 0 Å². The number of aromatic nitrogens is 1. The molecule has 1 N–H and O–H groups in total. The summed E-state index contributed by atoms with van der Waals surface area (Å²) in [7, 11) is 0. The van der Waals surface area contributed by atoms with Gasteiger partial charge in [-0.25, -0.2) is 10.2 Å². The number of nitrogens with one attached hydrogen (secondary N) is 1. The molecule has 0 spiro atoms. The molecular formula is C21H15N3O5. The van der Waals surface area contributed by atoms with Crippen molar-refractivity contribution in [3.8, 4) is 17.2 Å². The van der Waals surface area contributed by atoms with Gasteiger partial charge in [-0.05, 0) is 42.5 Å². The van der Waals surface area contributed by atoms with Crippen LogP contribution in [0.3, 0.4) is 0 Å². The molecular weight excluding hydrogens is 374 g/mol. The van der Waals surface area contributed by atoms with Gasteiger partial charge in [0.25, 0.3) is 5.91 Å². The summed E-state index contributed by atoms with van der Waals surface area (Å²) in [5.74, 6) is 0.452. The maximum Gasteiger partial charge on any atom is 0.343 e. The number of nitrogens with zero attached hydrogens (tertiary/aromatic N) is 2. The zero-order chi connectivity index (χ0) is 20.1. The first kappa shape index (κ1) is 18.2.